The van der Waals surface area contributed by atoms with Crippen molar-refractivity contribution in [1.29, 1.82) is 0 Å². The number of benzene rings is 1. The van der Waals surface area contributed by atoms with Gasteiger partial charge in [-0.15, -0.1) is 0 Å². The van der Waals surface area contributed by atoms with Crippen LogP contribution in [-0.4, -0.2) is 26.3 Å². The first-order valence-corrected chi connectivity index (χ1v) is 6.91. The summed E-state index contributed by atoms with van der Waals surface area (Å²) in [6.45, 7) is 4.89. The molecule has 108 valence electrons. The second-order valence-electron chi connectivity index (χ2n) is 4.62. The van der Waals surface area contributed by atoms with E-state index in [4.69, 9.17) is 14.2 Å². The molecule has 4 nitrogen and oxygen atoms in total. The Morgan fingerprint density at radius 2 is 2.05 bits per heavy atom. The number of rotatable bonds is 6. The van der Waals surface area contributed by atoms with Crippen LogP contribution >= 0.6 is 0 Å². The third-order valence-electron chi connectivity index (χ3n) is 3.14. The lowest BCUT2D eigenvalue weighted by atomic mass is 10.1. The summed E-state index contributed by atoms with van der Waals surface area (Å²) >= 11 is 0. The van der Waals surface area contributed by atoms with Crippen molar-refractivity contribution in [3.05, 3.63) is 28.8 Å². The van der Waals surface area contributed by atoms with Crippen molar-refractivity contribution in [3.8, 4) is 11.5 Å². The first-order chi connectivity index (χ1) is 9.69. The monoisotopic (exact) mass is 276 g/mol. The molecule has 0 heterocycles. The second kappa shape index (κ2) is 6.46. The minimum atomic E-state index is -0.251. The van der Waals surface area contributed by atoms with Crippen molar-refractivity contribution >= 4 is 12.0 Å². The highest BCUT2D eigenvalue weighted by atomic mass is 16.5. The number of fused-ring (bicyclic) bond motifs is 1. The molecule has 1 aliphatic rings. The van der Waals surface area contributed by atoms with Crippen LogP contribution in [0.2, 0.25) is 0 Å². The van der Waals surface area contributed by atoms with Gasteiger partial charge in [-0.25, -0.2) is 4.79 Å². The Morgan fingerprint density at radius 1 is 1.25 bits per heavy atom. The molecule has 0 N–H and O–H groups in total. The number of carbonyl (C=O) groups excluding carboxylic acids is 1. The van der Waals surface area contributed by atoms with E-state index in [1.165, 1.54) is 0 Å². The van der Waals surface area contributed by atoms with Gasteiger partial charge < -0.3 is 14.2 Å². The van der Waals surface area contributed by atoms with Crippen molar-refractivity contribution in [2.24, 2.45) is 0 Å². The molecule has 4 heteroatoms. The van der Waals surface area contributed by atoms with Gasteiger partial charge in [-0.1, -0.05) is 6.92 Å². The van der Waals surface area contributed by atoms with E-state index >= 15 is 0 Å². The highest BCUT2D eigenvalue weighted by Crippen LogP contribution is 2.36. The predicted octanol–water partition coefficient (Wildman–Crippen LogP) is 2.99. The Kier molecular flexibility index (Phi) is 4.66. The van der Waals surface area contributed by atoms with Crippen molar-refractivity contribution < 1.29 is 19.0 Å². The van der Waals surface area contributed by atoms with Gasteiger partial charge in [0.1, 0.15) is 0 Å². The molecule has 0 aromatic heterocycles. The minimum Gasteiger partial charge on any atom is -0.493 e. The van der Waals surface area contributed by atoms with Gasteiger partial charge >= 0.3 is 5.97 Å². The van der Waals surface area contributed by atoms with Crippen molar-refractivity contribution in [2.45, 2.75) is 26.7 Å². The maximum Gasteiger partial charge on any atom is 0.334 e. The molecule has 0 aliphatic heterocycles. The highest BCUT2D eigenvalue weighted by molar-refractivity contribution is 5.96. The minimum absolute atomic E-state index is 0.251. The van der Waals surface area contributed by atoms with E-state index in [9.17, 15) is 4.79 Å². The zero-order chi connectivity index (χ0) is 14.5. The number of hydrogen-bond donors (Lipinski definition) is 0. The molecule has 1 aromatic rings. The molecule has 0 saturated carbocycles. The van der Waals surface area contributed by atoms with Gasteiger partial charge in [0.05, 0.1) is 20.3 Å². The number of ether oxygens (including phenoxy) is 3. The fourth-order valence-corrected chi connectivity index (χ4v) is 2.19. The Morgan fingerprint density at radius 3 is 2.70 bits per heavy atom. The summed E-state index contributed by atoms with van der Waals surface area (Å²) in [4.78, 5) is 11.8. The molecular weight excluding hydrogens is 256 g/mol. The number of esters is 1. The van der Waals surface area contributed by atoms with E-state index in [2.05, 4.69) is 6.92 Å². The van der Waals surface area contributed by atoms with Crippen molar-refractivity contribution in [3.63, 3.8) is 0 Å². The summed E-state index contributed by atoms with van der Waals surface area (Å²) in [5, 5.41) is 0. The van der Waals surface area contributed by atoms with Crippen molar-refractivity contribution in [1.82, 2.24) is 0 Å². The Labute approximate surface area is 119 Å². The summed E-state index contributed by atoms with van der Waals surface area (Å²) in [5.41, 5.74) is 2.74. The van der Waals surface area contributed by atoms with E-state index in [0.29, 0.717) is 31.0 Å². The van der Waals surface area contributed by atoms with Crippen LogP contribution in [0.1, 0.15) is 31.4 Å². The Bertz CT molecular complexity index is 532. The quantitative estimate of drug-likeness (QED) is 0.749. The zero-order valence-electron chi connectivity index (χ0n) is 12.2. The molecule has 2 rings (SSSR count). The van der Waals surface area contributed by atoms with Gasteiger partial charge in [-0.2, -0.15) is 0 Å². The lowest BCUT2D eigenvalue weighted by Crippen LogP contribution is -2.07. The van der Waals surface area contributed by atoms with Gasteiger partial charge in [0, 0.05) is 12.0 Å². The molecule has 1 aromatic carbocycles. The molecule has 0 atom stereocenters. The van der Waals surface area contributed by atoms with Crippen LogP contribution in [0, 0.1) is 0 Å². The average molecular weight is 276 g/mol. The first kappa shape index (κ1) is 14.4. The Balaban J connectivity index is 2.25. The SMILES string of the molecule is CCCOc1cc2c(cc1OC)CC(C(=O)OCC)=C2. The van der Waals surface area contributed by atoms with Crippen LogP contribution in [0.4, 0.5) is 0 Å². The topological polar surface area (TPSA) is 44.8 Å². The molecule has 0 amide bonds. The fourth-order valence-electron chi connectivity index (χ4n) is 2.19. The van der Waals surface area contributed by atoms with E-state index in [1.807, 2.05) is 18.2 Å². The zero-order valence-corrected chi connectivity index (χ0v) is 12.2. The van der Waals surface area contributed by atoms with Crippen LogP contribution in [0.5, 0.6) is 11.5 Å². The van der Waals surface area contributed by atoms with E-state index in [0.717, 1.165) is 23.3 Å². The summed E-state index contributed by atoms with van der Waals surface area (Å²) in [7, 11) is 1.62. The van der Waals surface area contributed by atoms with Gasteiger partial charge in [-0.3, -0.25) is 0 Å². The van der Waals surface area contributed by atoms with Gasteiger partial charge in [0.2, 0.25) is 0 Å². The molecule has 0 saturated heterocycles. The molecule has 0 fully saturated rings. The smallest absolute Gasteiger partial charge is 0.334 e. The number of carbonyl (C=O) groups is 1. The van der Waals surface area contributed by atoms with Crippen LogP contribution in [0.25, 0.3) is 6.08 Å². The summed E-state index contributed by atoms with van der Waals surface area (Å²) in [6.07, 6.45) is 3.38. The molecular formula is C16H20O4. The molecule has 20 heavy (non-hydrogen) atoms. The average Bonchev–Trinajstić information content (AvgIpc) is 2.87. The third kappa shape index (κ3) is 2.95. The lowest BCUT2D eigenvalue weighted by molar-refractivity contribution is -0.138. The normalized spacial score (nSPS) is 12.7. The first-order valence-electron chi connectivity index (χ1n) is 6.91. The summed E-state index contributed by atoms with van der Waals surface area (Å²) in [6, 6.07) is 3.86. The van der Waals surface area contributed by atoms with Crippen LogP contribution < -0.4 is 9.47 Å². The van der Waals surface area contributed by atoms with Crippen LogP contribution in [0.3, 0.4) is 0 Å². The van der Waals surface area contributed by atoms with Gasteiger partial charge in [0.25, 0.3) is 0 Å². The maximum atomic E-state index is 11.8. The van der Waals surface area contributed by atoms with E-state index < -0.39 is 0 Å². The summed E-state index contributed by atoms with van der Waals surface area (Å²) in [5.74, 6) is 1.17. The second-order valence-corrected chi connectivity index (χ2v) is 4.62. The summed E-state index contributed by atoms with van der Waals surface area (Å²) < 4.78 is 16.1. The largest absolute Gasteiger partial charge is 0.493 e. The number of methoxy groups -OCH3 is 1. The Hall–Kier alpha value is -1.97. The maximum absolute atomic E-state index is 11.8. The molecule has 0 radical (unpaired) electrons. The van der Waals surface area contributed by atoms with E-state index in [1.54, 1.807) is 14.0 Å². The lowest BCUT2D eigenvalue weighted by Gasteiger charge is -2.12. The standard InChI is InChI=1S/C16H20O4/c1-4-6-20-15-10-12-8-13(16(17)19-5-2)7-11(12)9-14(15)18-3/h8-10H,4-7H2,1-3H3. The molecule has 1 aliphatic carbocycles. The van der Waals surface area contributed by atoms with Gasteiger partial charge in [0.15, 0.2) is 11.5 Å². The van der Waals surface area contributed by atoms with Crippen LogP contribution in [0.15, 0.2) is 17.7 Å². The molecule has 0 spiro atoms. The number of hydrogen-bond acceptors (Lipinski definition) is 4. The van der Waals surface area contributed by atoms with Crippen molar-refractivity contribution in [2.75, 3.05) is 20.3 Å². The predicted molar refractivity (Wildman–Crippen MR) is 77.1 cm³/mol. The fraction of sp³-hybridized carbons (Fsp3) is 0.438. The van der Waals surface area contributed by atoms with Crippen LogP contribution in [-0.2, 0) is 16.0 Å². The molecule has 0 bridgehead atoms. The highest BCUT2D eigenvalue weighted by Gasteiger charge is 2.22. The van der Waals surface area contributed by atoms with Gasteiger partial charge in [-0.05, 0) is 42.7 Å². The van der Waals surface area contributed by atoms with E-state index in [-0.39, 0.29) is 5.97 Å². The molecule has 0 unspecified atom stereocenters. The third-order valence-corrected chi connectivity index (χ3v) is 3.14.